The fraction of sp³-hybridized carbons (Fsp3) is 0.720. The second-order valence-corrected chi connectivity index (χ2v) is 22.7. The van der Waals surface area contributed by atoms with Crippen LogP contribution in [0.3, 0.4) is 0 Å². The van der Waals surface area contributed by atoms with E-state index in [1.54, 1.807) is 0 Å². The molecule has 464 valence electrons. The number of carbonyl (C=O) groups is 3. The highest BCUT2D eigenvalue weighted by molar-refractivity contribution is 5.71. The van der Waals surface area contributed by atoms with Gasteiger partial charge in [0, 0.05) is 19.3 Å². The van der Waals surface area contributed by atoms with Gasteiger partial charge in [0.2, 0.25) is 0 Å². The zero-order valence-corrected chi connectivity index (χ0v) is 53.3. The van der Waals surface area contributed by atoms with Crippen LogP contribution in [0.15, 0.2) is 109 Å². The van der Waals surface area contributed by atoms with Crippen LogP contribution in [-0.2, 0) is 28.6 Å². The van der Waals surface area contributed by atoms with Gasteiger partial charge in [-0.05, 0) is 103 Å². The van der Waals surface area contributed by atoms with Gasteiger partial charge >= 0.3 is 17.9 Å². The Morgan fingerprint density at radius 1 is 0.259 bits per heavy atom. The summed E-state index contributed by atoms with van der Waals surface area (Å²) in [6.07, 6.45) is 94.7. The molecule has 0 fully saturated rings. The van der Waals surface area contributed by atoms with Crippen molar-refractivity contribution < 1.29 is 28.6 Å². The largest absolute Gasteiger partial charge is 0.462 e. The molecule has 0 radical (unpaired) electrons. The molecule has 0 aliphatic heterocycles. The van der Waals surface area contributed by atoms with Gasteiger partial charge in [0.1, 0.15) is 13.2 Å². The molecule has 0 spiro atoms. The summed E-state index contributed by atoms with van der Waals surface area (Å²) in [4.78, 5) is 37.9. The Hall–Kier alpha value is -3.93. The normalized spacial score (nSPS) is 12.8. The highest BCUT2D eigenvalue weighted by Gasteiger charge is 2.19. The van der Waals surface area contributed by atoms with Crippen LogP contribution in [0.1, 0.15) is 329 Å². The molecule has 1 atom stereocenters. The molecule has 0 bridgehead atoms. The van der Waals surface area contributed by atoms with E-state index in [4.69, 9.17) is 14.2 Å². The maximum absolute atomic E-state index is 12.8. The third-order valence-corrected chi connectivity index (χ3v) is 14.8. The molecule has 0 saturated heterocycles. The van der Waals surface area contributed by atoms with Crippen molar-refractivity contribution in [1.82, 2.24) is 0 Å². The Kier molecular flexibility index (Phi) is 65.2. The number of allylic oxidation sites excluding steroid dienone is 18. The van der Waals surface area contributed by atoms with Crippen molar-refractivity contribution in [2.24, 2.45) is 0 Å². The average molecular weight is 1130 g/mol. The monoisotopic (exact) mass is 1120 g/mol. The summed E-state index contributed by atoms with van der Waals surface area (Å²) in [6, 6.07) is 0. The fourth-order valence-electron chi connectivity index (χ4n) is 9.64. The summed E-state index contributed by atoms with van der Waals surface area (Å²) >= 11 is 0. The predicted octanol–water partition coefficient (Wildman–Crippen LogP) is 23.8. The van der Waals surface area contributed by atoms with Crippen molar-refractivity contribution >= 4 is 17.9 Å². The number of carbonyl (C=O) groups excluding carboxylic acids is 3. The number of rotatable bonds is 62. The third-order valence-electron chi connectivity index (χ3n) is 14.8. The fourth-order valence-corrected chi connectivity index (χ4v) is 9.64. The Morgan fingerprint density at radius 2 is 0.494 bits per heavy atom. The number of hydrogen-bond acceptors (Lipinski definition) is 6. The van der Waals surface area contributed by atoms with Gasteiger partial charge in [-0.3, -0.25) is 14.4 Å². The van der Waals surface area contributed by atoms with Gasteiger partial charge in [-0.25, -0.2) is 0 Å². The van der Waals surface area contributed by atoms with Crippen LogP contribution >= 0.6 is 0 Å². The van der Waals surface area contributed by atoms with Crippen molar-refractivity contribution in [3.8, 4) is 0 Å². The highest BCUT2D eigenvalue weighted by Crippen LogP contribution is 2.17. The molecule has 1 unspecified atom stereocenters. The molecule has 0 rings (SSSR count). The maximum Gasteiger partial charge on any atom is 0.306 e. The quantitative estimate of drug-likeness (QED) is 0.0261. The Bertz CT molecular complexity index is 1620. The minimum atomic E-state index is -0.806. The zero-order valence-electron chi connectivity index (χ0n) is 53.3. The van der Waals surface area contributed by atoms with Crippen LogP contribution < -0.4 is 0 Å². The lowest BCUT2D eigenvalue weighted by atomic mass is 10.0. The minimum absolute atomic E-state index is 0.0994. The van der Waals surface area contributed by atoms with E-state index in [9.17, 15) is 14.4 Å². The van der Waals surface area contributed by atoms with Crippen molar-refractivity contribution in [3.05, 3.63) is 109 Å². The van der Waals surface area contributed by atoms with Gasteiger partial charge in [0.25, 0.3) is 0 Å². The van der Waals surface area contributed by atoms with Crippen molar-refractivity contribution in [1.29, 1.82) is 0 Å². The molecule has 0 amide bonds. The molecule has 0 aromatic heterocycles. The second-order valence-electron chi connectivity index (χ2n) is 22.7. The number of hydrogen-bond donors (Lipinski definition) is 0. The van der Waals surface area contributed by atoms with Gasteiger partial charge < -0.3 is 14.2 Å². The highest BCUT2D eigenvalue weighted by atomic mass is 16.6. The molecule has 0 N–H and O–H groups in total. The Morgan fingerprint density at radius 3 is 0.790 bits per heavy atom. The third kappa shape index (κ3) is 66.8. The van der Waals surface area contributed by atoms with Crippen molar-refractivity contribution in [2.45, 2.75) is 335 Å². The number of unbranched alkanes of at least 4 members (excludes halogenated alkanes) is 33. The van der Waals surface area contributed by atoms with Gasteiger partial charge in [0.05, 0.1) is 0 Å². The van der Waals surface area contributed by atoms with E-state index in [0.29, 0.717) is 19.3 Å². The summed E-state index contributed by atoms with van der Waals surface area (Å²) in [5.74, 6) is -0.966. The molecular formula is C75H128O6. The average Bonchev–Trinajstić information content (AvgIpc) is 3.47. The van der Waals surface area contributed by atoms with Gasteiger partial charge in [-0.1, -0.05) is 316 Å². The standard InChI is InChI=1S/C75H128O6/c1-4-7-10-13-15-17-19-21-23-25-27-29-31-32-33-34-35-36-37-38-39-40-41-42-44-45-47-49-51-53-55-57-59-62-65-68-74(77)80-71-72(70-79-73(76)67-64-61-12-9-6-3)81-75(78)69-66-63-60-58-56-54-52-50-48-46-43-30-28-26-24-22-20-18-16-14-11-8-5-2/h8,11,16,18-19,21-22,24-25,27-28,30,46,48,52,54,58,60,72H,4-7,9-10,12-15,17,20,23,26,29,31-45,47,49-51,53,55-57,59,61-71H2,1-3H3/b11-8-,18-16-,21-19-,24-22-,27-25-,30-28-,48-46-,54-52-,60-58-. The number of ether oxygens (including phenoxy) is 3. The molecule has 0 aliphatic rings. The summed E-state index contributed by atoms with van der Waals surface area (Å²) in [5.41, 5.74) is 0. The molecule has 0 aromatic carbocycles. The molecule has 0 aliphatic carbocycles. The van der Waals surface area contributed by atoms with Crippen molar-refractivity contribution in [2.75, 3.05) is 13.2 Å². The van der Waals surface area contributed by atoms with E-state index in [1.165, 1.54) is 173 Å². The molecule has 6 heteroatoms. The maximum atomic E-state index is 12.8. The van der Waals surface area contributed by atoms with E-state index < -0.39 is 6.10 Å². The van der Waals surface area contributed by atoms with Crippen molar-refractivity contribution in [3.63, 3.8) is 0 Å². The summed E-state index contributed by atoms with van der Waals surface area (Å²) in [6.45, 7) is 6.40. The lowest BCUT2D eigenvalue weighted by molar-refractivity contribution is -0.167. The van der Waals surface area contributed by atoms with E-state index in [2.05, 4.69) is 130 Å². The Labute approximate surface area is 501 Å². The van der Waals surface area contributed by atoms with E-state index >= 15 is 0 Å². The smallest absolute Gasteiger partial charge is 0.306 e. The summed E-state index contributed by atoms with van der Waals surface area (Å²) in [5, 5.41) is 0. The molecule has 81 heavy (non-hydrogen) atoms. The first-order valence-electron chi connectivity index (χ1n) is 34.4. The SMILES string of the molecule is CC/C=C\C/C=C\C/C=C\C/C=C\C/C=C\C/C=C\C/C=C\CCCC(=O)OC(COC(=O)CCCCCCC)COC(=O)CCCCCCCCCCCCCCCCCCCCCCCCC/C=C\C/C=C\CCCCCCC. The minimum Gasteiger partial charge on any atom is -0.462 e. The Balaban J connectivity index is 4.00. The molecule has 0 heterocycles. The number of esters is 3. The van der Waals surface area contributed by atoms with Gasteiger partial charge in [0.15, 0.2) is 6.10 Å². The van der Waals surface area contributed by atoms with Crippen LogP contribution in [0.2, 0.25) is 0 Å². The van der Waals surface area contributed by atoms with Gasteiger partial charge in [-0.2, -0.15) is 0 Å². The van der Waals surface area contributed by atoms with Crippen LogP contribution in [0.5, 0.6) is 0 Å². The van der Waals surface area contributed by atoms with E-state index in [1.807, 2.05) is 0 Å². The molecule has 6 nitrogen and oxygen atoms in total. The van der Waals surface area contributed by atoms with Crippen LogP contribution in [0, 0.1) is 0 Å². The lowest BCUT2D eigenvalue weighted by Gasteiger charge is -2.18. The summed E-state index contributed by atoms with van der Waals surface area (Å²) in [7, 11) is 0. The van der Waals surface area contributed by atoms with Crippen LogP contribution in [0.4, 0.5) is 0 Å². The van der Waals surface area contributed by atoms with E-state index in [-0.39, 0.29) is 37.5 Å². The molecule has 0 saturated carbocycles. The van der Waals surface area contributed by atoms with Gasteiger partial charge in [-0.15, -0.1) is 0 Å². The van der Waals surface area contributed by atoms with Crippen LogP contribution in [0.25, 0.3) is 0 Å². The topological polar surface area (TPSA) is 78.9 Å². The lowest BCUT2D eigenvalue weighted by Crippen LogP contribution is -2.30. The molecular weight excluding hydrogens is 997 g/mol. The second kappa shape index (κ2) is 68.6. The zero-order chi connectivity index (χ0) is 58.5. The van der Waals surface area contributed by atoms with E-state index in [0.717, 1.165) is 109 Å². The van der Waals surface area contributed by atoms with Crippen LogP contribution in [-0.4, -0.2) is 37.2 Å². The first-order chi connectivity index (χ1) is 40.0. The first kappa shape index (κ1) is 77.1. The summed E-state index contributed by atoms with van der Waals surface area (Å²) < 4.78 is 16.7. The first-order valence-corrected chi connectivity index (χ1v) is 34.4. The molecule has 0 aromatic rings. The predicted molar refractivity (Wildman–Crippen MR) is 353 cm³/mol.